The molecule has 3 rings (SSSR count). The maximum absolute atomic E-state index is 4.31. The van der Waals surface area contributed by atoms with Crippen molar-refractivity contribution in [3.05, 3.63) is 45.9 Å². The molecular weight excluding hydrogens is 204 g/mol. The van der Waals surface area contributed by atoms with Gasteiger partial charge in [0, 0.05) is 30.2 Å². The van der Waals surface area contributed by atoms with Crippen LogP contribution in [0.2, 0.25) is 0 Å². The van der Waals surface area contributed by atoms with E-state index in [1.807, 2.05) is 11.6 Å². The SMILES string of the molecule is c1csc(Cc2ccc3c(c2)CCN3)n1. The molecule has 0 saturated carbocycles. The van der Waals surface area contributed by atoms with Crippen LogP contribution in [0, 0.1) is 0 Å². The zero-order chi connectivity index (χ0) is 10.1. The van der Waals surface area contributed by atoms with Gasteiger partial charge in [-0.05, 0) is 23.6 Å². The average molecular weight is 216 g/mol. The third kappa shape index (κ3) is 1.75. The monoisotopic (exact) mass is 216 g/mol. The summed E-state index contributed by atoms with van der Waals surface area (Å²) in [5.41, 5.74) is 4.12. The summed E-state index contributed by atoms with van der Waals surface area (Å²) in [4.78, 5) is 4.31. The maximum atomic E-state index is 4.31. The highest BCUT2D eigenvalue weighted by Crippen LogP contribution is 2.24. The number of benzene rings is 1. The molecule has 76 valence electrons. The van der Waals surface area contributed by atoms with Crippen LogP contribution in [0.3, 0.4) is 0 Å². The number of hydrogen-bond acceptors (Lipinski definition) is 3. The Labute approximate surface area is 93.0 Å². The first-order valence-electron chi connectivity index (χ1n) is 5.16. The van der Waals surface area contributed by atoms with Crippen molar-refractivity contribution in [1.82, 2.24) is 4.98 Å². The maximum Gasteiger partial charge on any atom is 0.0968 e. The van der Waals surface area contributed by atoms with Crippen molar-refractivity contribution >= 4 is 17.0 Å². The molecule has 15 heavy (non-hydrogen) atoms. The number of thiazole rings is 1. The number of rotatable bonds is 2. The van der Waals surface area contributed by atoms with E-state index < -0.39 is 0 Å². The molecule has 0 unspecified atom stereocenters. The fourth-order valence-electron chi connectivity index (χ4n) is 1.98. The molecule has 2 nitrogen and oxygen atoms in total. The van der Waals surface area contributed by atoms with Gasteiger partial charge >= 0.3 is 0 Å². The van der Waals surface area contributed by atoms with Gasteiger partial charge in [0.15, 0.2) is 0 Å². The molecule has 2 aromatic rings. The van der Waals surface area contributed by atoms with Crippen LogP contribution in [0.1, 0.15) is 16.1 Å². The van der Waals surface area contributed by atoms with Gasteiger partial charge in [0.25, 0.3) is 0 Å². The summed E-state index contributed by atoms with van der Waals surface area (Å²) in [7, 11) is 0. The van der Waals surface area contributed by atoms with Crippen molar-refractivity contribution in [2.75, 3.05) is 11.9 Å². The summed E-state index contributed by atoms with van der Waals surface area (Å²) >= 11 is 1.72. The Morgan fingerprint density at radius 1 is 1.40 bits per heavy atom. The van der Waals surface area contributed by atoms with Crippen molar-refractivity contribution in [1.29, 1.82) is 0 Å². The van der Waals surface area contributed by atoms with Crippen LogP contribution in [-0.2, 0) is 12.8 Å². The quantitative estimate of drug-likeness (QED) is 0.835. The molecule has 1 aromatic heterocycles. The van der Waals surface area contributed by atoms with Crippen LogP contribution >= 0.6 is 11.3 Å². The number of nitrogens with zero attached hydrogens (tertiary/aromatic N) is 1. The van der Waals surface area contributed by atoms with Crippen LogP contribution in [0.25, 0.3) is 0 Å². The van der Waals surface area contributed by atoms with Gasteiger partial charge in [-0.15, -0.1) is 11.3 Å². The normalized spacial score (nSPS) is 13.6. The molecule has 1 aromatic carbocycles. The number of aromatic nitrogens is 1. The van der Waals surface area contributed by atoms with Gasteiger partial charge in [0.2, 0.25) is 0 Å². The van der Waals surface area contributed by atoms with Crippen LogP contribution in [0.15, 0.2) is 29.8 Å². The molecule has 0 aliphatic carbocycles. The third-order valence-electron chi connectivity index (χ3n) is 2.72. The van der Waals surface area contributed by atoms with E-state index in [4.69, 9.17) is 0 Å². The fraction of sp³-hybridized carbons (Fsp3) is 0.250. The first kappa shape index (κ1) is 8.92. The van der Waals surface area contributed by atoms with Gasteiger partial charge in [-0.1, -0.05) is 12.1 Å². The number of hydrogen-bond donors (Lipinski definition) is 1. The summed E-state index contributed by atoms with van der Waals surface area (Å²) in [6, 6.07) is 6.68. The number of anilines is 1. The van der Waals surface area contributed by atoms with E-state index in [9.17, 15) is 0 Å². The van der Waals surface area contributed by atoms with E-state index in [2.05, 4.69) is 28.5 Å². The van der Waals surface area contributed by atoms with Crippen LogP contribution in [0.4, 0.5) is 5.69 Å². The Kier molecular flexibility index (Phi) is 2.18. The Hall–Kier alpha value is -1.35. The van der Waals surface area contributed by atoms with Crippen molar-refractivity contribution in [2.45, 2.75) is 12.8 Å². The average Bonchev–Trinajstić information content (AvgIpc) is 2.87. The highest BCUT2D eigenvalue weighted by atomic mass is 32.1. The largest absolute Gasteiger partial charge is 0.384 e. The molecule has 1 aliphatic rings. The third-order valence-corrected chi connectivity index (χ3v) is 3.50. The van der Waals surface area contributed by atoms with E-state index in [0.29, 0.717) is 0 Å². The van der Waals surface area contributed by atoms with Crippen LogP contribution in [-0.4, -0.2) is 11.5 Å². The van der Waals surface area contributed by atoms with E-state index in [1.54, 1.807) is 11.3 Å². The highest BCUT2D eigenvalue weighted by molar-refractivity contribution is 7.09. The Morgan fingerprint density at radius 2 is 2.40 bits per heavy atom. The molecule has 0 fully saturated rings. The molecule has 1 N–H and O–H groups in total. The molecule has 3 heteroatoms. The summed E-state index contributed by atoms with van der Waals surface area (Å²) in [5, 5.41) is 6.60. The summed E-state index contributed by atoms with van der Waals surface area (Å²) < 4.78 is 0. The number of fused-ring (bicyclic) bond motifs is 1. The first-order chi connectivity index (χ1) is 7.42. The minimum atomic E-state index is 0.963. The second-order valence-electron chi connectivity index (χ2n) is 3.77. The van der Waals surface area contributed by atoms with Crippen molar-refractivity contribution < 1.29 is 0 Å². The minimum absolute atomic E-state index is 0.963. The van der Waals surface area contributed by atoms with Gasteiger partial charge in [-0.25, -0.2) is 4.98 Å². The molecule has 0 radical (unpaired) electrons. The summed E-state index contributed by atoms with van der Waals surface area (Å²) in [6.07, 6.45) is 3.99. The summed E-state index contributed by atoms with van der Waals surface area (Å²) in [6.45, 7) is 1.08. The molecule has 2 heterocycles. The zero-order valence-corrected chi connectivity index (χ0v) is 9.18. The fourth-order valence-corrected chi connectivity index (χ4v) is 2.63. The van der Waals surface area contributed by atoms with Gasteiger partial charge in [0.1, 0.15) is 0 Å². The Morgan fingerprint density at radius 3 is 3.27 bits per heavy atom. The van der Waals surface area contributed by atoms with Gasteiger partial charge in [-0.2, -0.15) is 0 Å². The highest BCUT2D eigenvalue weighted by Gasteiger charge is 2.10. The lowest BCUT2D eigenvalue weighted by atomic mass is 10.1. The lowest BCUT2D eigenvalue weighted by molar-refractivity contribution is 1.09. The van der Waals surface area contributed by atoms with Crippen molar-refractivity contribution in [2.24, 2.45) is 0 Å². The summed E-state index contributed by atoms with van der Waals surface area (Å²) in [5.74, 6) is 0. The van der Waals surface area contributed by atoms with Crippen LogP contribution in [0.5, 0.6) is 0 Å². The van der Waals surface area contributed by atoms with Crippen molar-refractivity contribution in [3.8, 4) is 0 Å². The van der Waals surface area contributed by atoms with Crippen LogP contribution < -0.4 is 5.32 Å². The zero-order valence-electron chi connectivity index (χ0n) is 8.36. The Bertz CT molecular complexity index is 462. The minimum Gasteiger partial charge on any atom is -0.384 e. The van der Waals surface area contributed by atoms with E-state index in [-0.39, 0.29) is 0 Å². The van der Waals surface area contributed by atoms with Gasteiger partial charge < -0.3 is 5.32 Å². The van der Waals surface area contributed by atoms with E-state index >= 15 is 0 Å². The predicted octanol–water partition coefficient (Wildman–Crippen LogP) is 2.70. The van der Waals surface area contributed by atoms with E-state index in [1.165, 1.54) is 21.8 Å². The van der Waals surface area contributed by atoms with E-state index in [0.717, 1.165) is 19.4 Å². The second kappa shape index (κ2) is 3.66. The molecule has 0 amide bonds. The molecule has 0 bridgehead atoms. The smallest absolute Gasteiger partial charge is 0.0968 e. The molecular formula is C12H12N2S. The lowest BCUT2D eigenvalue weighted by Gasteiger charge is -2.02. The standard InChI is InChI=1S/C12H12N2S/c1-2-11-10(3-4-13-11)7-9(1)8-12-14-5-6-15-12/h1-2,5-7,13H,3-4,8H2. The topological polar surface area (TPSA) is 24.9 Å². The van der Waals surface area contributed by atoms with Gasteiger partial charge in [-0.3, -0.25) is 0 Å². The van der Waals surface area contributed by atoms with Crippen molar-refractivity contribution in [3.63, 3.8) is 0 Å². The molecule has 0 spiro atoms. The molecule has 1 aliphatic heterocycles. The molecule has 0 saturated heterocycles. The number of nitrogens with one attached hydrogen (secondary N) is 1. The lowest BCUT2D eigenvalue weighted by Crippen LogP contribution is -1.90. The second-order valence-corrected chi connectivity index (χ2v) is 4.75. The van der Waals surface area contributed by atoms with Gasteiger partial charge in [0.05, 0.1) is 5.01 Å². The molecule has 0 atom stereocenters. The first-order valence-corrected chi connectivity index (χ1v) is 6.04. The predicted molar refractivity (Wildman–Crippen MR) is 63.6 cm³/mol. The Balaban J connectivity index is 1.87.